The van der Waals surface area contributed by atoms with E-state index in [0.29, 0.717) is 12.2 Å². The summed E-state index contributed by atoms with van der Waals surface area (Å²) in [5.41, 5.74) is 4.30. The molecule has 168 valence electrons. The van der Waals surface area contributed by atoms with Crippen LogP contribution < -0.4 is 5.32 Å². The molecule has 0 bridgehead atoms. The predicted octanol–water partition coefficient (Wildman–Crippen LogP) is 6.99. The summed E-state index contributed by atoms with van der Waals surface area (Å²) in [5, 5.41) is 3.34. The molecule has 3 aromatic rings. The second-order valence-electron chi connectivity index (χ2n) is 8.32. The standard InChI is InChI=1S/C26H30BrN3O2/c1-3-4-5-6-7-10-16-32-25(31)23-18(2)28-26-29-21-14-8-9-15-22(21)30(26)24(23)19-12-11-13-20(27)17-19/h8-9,11-15,17,24H,3-7,10,16H2,1-2H3,(H,28,29)/t24-/m0/s1. The monoisotopic (exact) mass is 495 g/mol. The molecule has 1 aromatic heterocycles. The number of allylic oxidation sites excluding steroid dienone is 1. The van der Waals surface area contributed by atoms with Crippen LogP contribution in [0.2, 0.25) is 0 Å². The van der Waals surface area contributed by atoms with Crippen molar-refractivity contribution in [3.63, 3.8) is 0 Å². The van der Waals surface area contributed by atoms with Gasteiger partial charge >= 0.3 is 5.97 Å². The first-order valence-corrected chi connectivity index (χ1v) is 12.3. The van der Waals surface area contributed by atoms with Gasteiger partial charge in [-0.25, -0.2) is 9.78 Å². The highest BCUT2D eigenvalue weighted by Gasteiger charge is 2.35. The van der Waals surface area contributed by atoms with E-state index in [-0.39, 0.29) is 12.0 Å². The van der Waals surface area contributed by atoms with Crippen molar-refractivity contribution in [2.75, 3.05) is 11.9 Å². The number of para-hydroxylation sites is 2. The number of carbonyl (C=O) groups excluding carboxylic acids is 1. The van der Waals surface area contributed by atoms with Crippen molar-refractivity contribution in [1.82, 2.24) is 9.55 Å². The van der Waals surface area contributed by atoms with Gasteiger partial charge < -0.3 is 10.1 Å². The minimum atomic E-state index is -0.312. The molecule has 1 aliphatic heterocycles. The van der Waals surface area contributed by atoms with E-state index in [1.807, 2.05) is 49.4 Å². The summed E-state index contributed by atoms with van der Waals surface area (Å²) >= 11 is 3.59. The molecular weight excluding hydrogens is 466 g/mol. The van der Waals surface area contributed by atoms with Gasteiger partial charge in [0.15, 0.2) is 0 Å². The molecule has 0 fully saturated rings. The second-order valence-corrected chi connectivity index (χ2v) is 9.23. The summed E-state index contributed by atoms with van der Waals surface area (Å²) in [7, 11) is 0. The summed E-state index contributed by atoms with van der Waals surface area (Å²) in [6, 6.07) is 15.8. The van der Waals surface area contributed by atoms with Gasteiger partial charge in [-0.2, -0.15) is 0 Å². The van der Waals surface area contributed by atoms with Crippen LogP contribution in [-0.4, -0.2) is 22.1 Å². The Morgan fingerprint density at radius 2 is 1.88 bits per heavy atom. The van der Waals surface area contributed by atoms with Gasteiger partial charge in [-0.05, 0) is 43.2 Å². The first-order valence-electron chi connectivity index (χ1n) is 11.5. The van der Waals surface area contributed by atoms with E-state index < -0.39 is 0 Å². The van der Waals surface area contributed by atoms with Gasteiger partial charge in [0.2, 0.25) is 5.95 Å². The molecule has 4 rings (SSSR count). The number of ether oxygens (including phenoxy) is 1. The number of hydrogen-bond acceptors (Lipinski definition) is 4. The summed E-state index contributed by atoms with van der Waals surface area (Å²) in [4.78, 5) is 18.1. The van der Waals surface area contributed by atoms with Crippen molar-refractivity contribution in [1.29, 1.82) is 0 Å². The Bertz CT molecular complexity index is 1140. The predicted molar refractivity (Wildman–Crippen MR) is 133 cm³/mol. The number of unbranched alkanes of at least 4 members (excludes halogenated alkanes) is 5. The van der Waals surface area contributed by atoms with Gasteiger partial charge in [0, 0.05) is 10.2 Å². The lowest BCUT2D eigenvalue weighted by atomic mass is 9.95. The zero-order valence-corrected chi connectivity index (χ0v) is 20.3. The molecule has 2 heterocycles. The molecule has 32 heavy (non-hydrogen) atoms. The highest BCUT2D eigenvalue weighted by Crippen LogP contribution is 2.40. The highest BCUT2D eigenvalue weighted by molar-refractivity contribution is 9.10. The fourth-order valence-corrected chi connectivity index (χ4v) is 4.76. The molecular formula is C26H30BrN3O2. The molecule has 0 saturated carbocycles. The van der Waals surface area contributed by atoms with E-state index in [4.69, 9.17) is 9.72 Å². The Labute approximate surface area is 198 Å². The number of nitrogens with one attached hydrogen (secondary N) is 1. The maximum atomic E-state index is 13.3. The largest absolute Gasteiger partial charge is 0.462 e. The number of rotatable bonds is 9. The molecule has 5 nitrogen and oxygen atoms in total. The normalized spacial score (nSPS) is 15.5. The number of anilines is 1. The van der Waals surface area contributed by atoms with Crippen LogP contribution in [0, 0.1) is 0 Å². The van der Waals surface area contributed by atoms with Gasteiger partial charge in [0.05, 0.1) is 29.3 Å². The summed E-state index contributed by atoms with van der Waals surface area (Å²) in [5.74, 6) is 0.470. The minimum absolute atomic E-state index is 0.267. The van der Waals surface area contributed by atoms with Crippen molar-refractivity contribution in [3.05, 3.63) is 69.8 Å². The quantitative estimate of drug-likeness (QED) is 0.256. The van der Waals surface area contributed by atoms with Crippen molar-refractivity contribution in [3.8, 4) is 0 Å². The zero-order chi connectivity index (χ0) is 22.5. The van der Waals surface area contributed by atoms with E-state index in [1.165, 1.54) is 25.7 Å². The highest BCUT2D eigenvalue weighted by atomic mass is 79.9. The van der Waals surface area contributed by atoms with Crippen LogP contribution in [0.5, 0.6) is 0 Å². The van der Waals surface area contributed by atoms with E-state index in [9.17, 15) is 4.79 Å². The van der Waals surface area contributed by atoms with Gasteiger partial charge in [-0.1, -0.05) is 79.2 Å². The lowest BCUT2D eigenvalue weighted by Crippen LogP contribution is -2.29. The van der Waals surface area contributed by atoms with Crippen LogP contribution in [0.1, 0.15) is 64.0 Å². The molecule has 1 atom stereocenters. The molecule has 2 aromatic carbocycles. The Morgan fingerprint density at radius 1 is 1.09 bits per heavy atom. The summed E-state index contributed by atoms with van der Waals surface area (Å²) in [6.07, 6.45) is 6.94. The van der Waals surface area contributed by atoms with Gasteiger partial charge in [0.1, 0.15) is 0 Å². The molecule has 0 spiro atoms. The SMILES string of the molecule is CCCCCCCCOC(=O)C1=C(C)Nc2nc3ccccc3n2[C@H]1c1cccc(Br)c1. The van der Waals surface area contributed by atoms with Crippen molar-refractivity contribution in [2.24, 2.45) is 0 Å². The van der Waals surface area contributed by atoms with E-state index in [2.05, 4.69) is 38.8 Å². The molecule has 0 radical (unpaired) electrons. The molecule has 0 saturated heterocycles. The lowest BCUT2D eigenvalue weighted by Gasteiger charge is -2.30. The van der Waals surface area contributed by atoms with Crippen molar-refractivity contribution in [2.45, 2.75) is 58.4 Å². The number of aromatic nitrogens is 2. The van der Waals surface area contributed by atoms with E-state index in [0.717, 1.165) is 45.6 Å². The van der Waals surface area contributed by atoms with E-state index >= 15 is 0 Å². The molecule has 0 unspecified atom stereocenters. The number of fused-ring (bicyclic) bond motifs is 3. The van der Waals surface area contributed by atoms with Crippen molar-refractivity contribution >= 4 is 38.9 Å². The van der Waals surface area contributed by atoms with Gasteiger partial charge in [-0.15, -0.1) is 0 Å². The number of hydrogen-bond donors (Lipinski definition) is 1. The Morgan fingerprint density at radius 3 is 2.69 bits per heavy atom. The smallest absolute Gasteiger partial charge is 0.338 e. The van der Waals surface area contributed by atoms with Crippen LogP contribution in [-0.2, 0) is 9.53 Å². The molecule has 1 aliphatic rings. The maximum Gasteiger partial charge on any atom is 0.338 e. The Hall–Kier alpha value is -2.60. The zero-order valence-electron chi connectivity index (χ0n) is 18.7. The topological polar surface area (TPSA) is 56.1 Å². The third-order valence-corrected chi connectivity index (χ3v) is 6.44. The average Bonchev–Trinajstić information content (AvgIpc) is 3.15. The maximum absolute atomic E-state index is 13.3. The summed E-state index contributed by atoms with van der Waals surface area (Å²) < 4.78 is 8.83. The van der Waals surface area contributed by atoms with Crippen LogP contribution in [0.3, 0.4) is 0 Å². The number of imidazole rings is 1. The lowest BCUT2D eigenvalue weighted by molar-refractivity contribution is -0.139. The van der Waals surface area contributed by atoms with Crippen LogP contribution >= 0.6 is 15.9 Å². The molecule has 6 heteroatoms. The Balaban J connectivity index is 1.62. The molecule has 1 N–H and O–H groups in total. The Kier molecular flexibility index (Phi) is 7.30. The third-order valence-electron chi connectivity index (χ3n) is 5.95. The van der Waals surface area contributed by atoms with Crippen LogP contribution in [0.25, 0.3) is 11.0 Å². The van der Waals surface area contributed by atoms with Crippen molar-refractivity contribution < 1.29 is 9.53 Å². The summed E-state index contributed by atoms with van der Waals surface area (Å²) in [6.45, 7) is 4.59. The van der Waals surface area contributed by atoms with Crippen LogP contribution in [0.15, 0.2) is 64.3 Å². The number of benzene rings is 2. The average molecular weight is 496 g/mol. The van der Waals surface area contributed by atoms with Gasteiger partial charge in [-0.3, -0.25) is 4.57 Å². The first kappa shape index (κ1) is 22.6. The first-order chi connectivity index (χ1) is 15.6. The van der Waals surface area contributed by atoms with Gasteiger partial charge in [0.25, 0.3) is 0 Å². The fourth-order valence-electron chi connectivity index (χ4n) is 4.35. The fraction of sp³-hybridized carbons (Fsp3) is 0.385. The number of nitrogens with zero attached hydrogens (tertiary/aromatic N) is 2. The minimum Gasteiger partial charge on any atom is -0.462 e. The number of halogens is 1. The number of carbonyl (C=O) groups is 1. The number of esters is 1. The van der Waals surface area contributed by atoms with Crippen LogP contribution in [0.4, 0.5) is 5.95 Å². The molecule has 0 aliphatic carbocycles. The van der Waals surface area contributed by atoms with E-state index in [1.54, 1.807) is 0 Å². The third kappa shape index (κ3) is 4.75. The second kappa shape index (κ2) is 10.3. The molecule has 0 amide bonds.